The fourth-order valence-corrected chi connectivity index (χ4v) is 1.51. The molecule has 4 nitrogen and oxygen atoms in total. The van der Waals surface area contributed by atoms with E-state index in [0.29, 0.717) is 18.0 Å². The Morgan fingerprint density at radius 2 is 2.00 bits per heavy atom. The molecule has 106 valence electrons. The van der Waals surface area contributed by atoms with Crippen molar-refractivity contribution in [3.63, 3.8) is 0 Å². The lowest BCUT2D eigenvalue weighted by Gasteiger charge is -2.14. The van der Waals surface area contributed by atoms with E-state index in [9.17, 15) is 5.11 Å². The van der Waals surface area contributed by atoms with E-state index in [1.54, 1.807) is 7.11 Å². The van der Waals surface area contributed by atoms with E-state index in [4.69, 9.17) is 9.47 Å². The third kappa shape index (κ3) is 6.27. The maximum absolute atomic E-state index is 9.79. The van der Waals surface area contributed by atoms with Crippen LogP contribution in [0, 0.1) is 0 Å². The van der Waals surface area contributed by atoms with Crippen molar-refractivity contribution >= 4 is 0 Å². The molecule has 0 saturated carbocycles. The molecular formula is C15H23NO3. The van der Waals surface area contributed by atoms with Gasteiger partial charge in [-0.05, 0) is 26.0 Å². The maximum Gasteiger partial charge on any atom is 0.161 e. The van der Waals surface area contributed by atoms with Crippen LogP contribution in [0.4, 0.5) is 0 Å². The van der Waals surface area contributed by atoms with Crippen molar-refractivity contribution in [2.75, 3.05) is 26.8 Å². The zero-order valence-electron chi connectivity index (χ0n) is 11.8. The molecule has 0 fully saturated rings. The van der Waals surface area contributed by atoms with Gasteiger partial charge in [-0.25, -0.2) is 0 Å². The number of aliphatic hydroxyl groups is 1. The molecule has 1 aromatic rings. The van der Waals surface area contributed by atoms with E-state index in [1.807, 2.05) is 38.1 Å². The summed E-state index contributed by atoms with van der Waals surface area (Å²) in [6.07, 6.45) is 1.53. The van der Waals surface area contributed by atoms with Gasteiger partial charge in [0.1, 0.15) is 12.7 Å². The van der Waals surface area contributed by atoms with Crippen LogP contribution in [0.5, 0.6) is 11.5 Å². The Hall–Kier alpha value is -1.52. The number of hydrogen-bond acceptors (Lipinski definition) is 4. The highest BCUT2D eigenvalue weighted by Gasteiger charge is 2.07. The van der Waals surface area contributed by atoms with Gasteiger partial charge in [-0.1, -0.05) is 23.8 Å². The van der Waals surface area contributed by atoms with Crippen molar-refractivity contribution in [3.05, 3.63) is 35.9 Å². The molecule has 1 rings (SSSR count). The Balaban J connectivity index is 2.29. The van der Waals surface area contributed by atoms with E-state index in [2.05, 4.69) is 11.4 Å². The number of rotatable bonds is 8. The van der Waals surface area contributed by atoms with Crippen molar-refractivity contribution in [2.45, 2.75) is 20.0 Å². The molecule has 0 amide bonds. The normalized spacial score (nSPS) is 11.8. The minimum absolute atomic E-state index is 0.238. The lowest BCUT2D eigenvalue weighted by molar-refractivity contribution is 0.105. The van der Waals surface area contributed by atoms with Gasteiger partial charge in [0.25, 0.3) is 0 Å². The van der Waals surface area contributed by atoms with E-state index >= 15 is 0 Å². The van der Waals surface area contributed by atoms with Crippen molar-refractivity contribution < 1.29 is 14.6 Å². The summed E-state index contributed by atoms with van der Waals surface area (Å²) in [4.78, 5) is 0. The summed E-state index contributed by atoms with van der Waals surface area (Å²) in [6, 6.07) is 7.40. The summed E-state index contributed by atoms with van der Waals surface area (Å²) in [7, 11) is 1.60. The quantitative estimate of drug-likeness (QED) is 0.557. The highest BCUT2D eigenvalue weighted by molar-refractivity contribution is 5.39. The van der Waals surface area contributed by atoms with Gasteiger partial charge in [0, 0.05) is 13.1 Å². The molecule has 0 aliphatic carbocycles. The number of hydrogen-bond donors (Lipinski definition) is 2. The van der Waals surface area contributed by atoms with Gasteiger partial charge < -0.3 is 19.9 Å². The number of ether oxygens (including phenoxy) is 2. The molecule has 1 unspecified atom stereocenters. The zero-order chi connectivity index (χ0) is 14.1. The van der Waals surface area contributed by atoms with Crippen LogP contribution in [-0.4, -0.2) is 38.0 Å². The Bertz CT molecular complexity index is 400. The first-order valence-electron chi connectivity index (χ1n) is 6.41. The number of allylic oxidation sites excluding steroid dienone is 1. The van der Waals surface area contributed by atoms with Crippen molar-refractivity contribution in [3.8, 4) is 11.5 Å². The average Bonchev–Trinajstić information content (AvgIpc) is 2.41. The van der Waals surface area contributed by atoms with Gasteiger partial charge in [0.15, 0.2) is 11.5 Å². The molecule has 2 N–H and O–H groups in total. The first kappa shape index (κ1) is 15.5. The van der Waals surface area contributed by atoms with Crippen LogP contribution in [-0.2, 0) is 0 Å². The molecule has 0 aliphatic rings. The summed E-state index contributed by atoms with van der Waals surface area (Å²) in [5.74, 6) is 1.32. The Morgan fingerprint density at radius 1 is 1.32 bits per heavy atom. The standard InChI is InChI=1S/C15H23NO3/c1-12(2)8-9-16-10-13(17)11-19-15-7-5-4-6-14(15)18-3/h4-8,13,16-17H,9-11H2,1-3H3. The van der Waals surface area contributed by atoms with Gasteiger partial charge in [-0.2, -0.15) is 0 Å². The van der Waals surface area contributed by atoms with Crippen molar-refractivity contribution in [2.24, 2.45) is 0 Å². The number of aliphatic hydroxyl groups excluding tert-OH is 1. The molecule has 1 aromatic carbocycles. The lowest BCUT2D eigenvalue weighted by atomic mass is 10.3. The number of methoxy groups -OCH3 is 1. The maximum atomic E-state index is 9.79. The predicted octanol–water partition coefficient (Wildman–Crippen LogP) is 1.99. The number of benzene rings is 1. The predicted molar refractivity (Wildman–Crippen MR) is 76.8 cm³/mol. The largest absolute Gasteiger partial charge is 0.493 e. The van der Waals surface area contributed by atoms with Crippen LogP contribution in [0.25, 0.3) is 0 Å². The molecule has 0 saturated heterocycles. The second kappa shape index (κ2) is 8.56. The summed E-state index contributed by atoms with van der Waals surface area (Å²) in [5.41, 5.74) is 1.26. The molecular weight excluding hydrogens is 242 g/mol. The fraction of sp³-hybridized carbons (Fsp3) is 0.467. The SMILES string of the molecule is COc1ccccc1OCC(O)CNCC=C(C)C. The van der Waals surface area contributed by atoms with Crippen LogP contribution in [0.15, 0.2) is 35.9 Å². The Labute approximate surface area is 115 Å². The highest BCUT2D eigenvalue weighted by Crippen LogP contribution is 2.25. The first-order chi connectivity index (χ1) is 9.13. The summed E-state index contributed by atoms with van der Waals surface area (Å²) < 4.78 is 10.7. The monoisotopic (exact) mass is 265 g/mol. The first-order valence-corrected chi connectivity index (χ1v) is 6.41. The highest BCUT2D eigenvalue weighted by atomic mass is 16.5. The Kier molecular flexibility index (Phi) is 7.00. The lowest BCUT2D eigenvalue weighted by Crippen LogP contribution is -2.31. The van der Waals surface area contributed by atoms with E-state index in [-0.39, 0.29) is 6.61 Å². The minimum atomic E-state index is -0.546. The average molecular weight is 265 g/mol. The van der Waals surface area contributed by atoms with Crippen LogP contribution in [0.2, 0.25) is 0 Å². The second-order valence-electron chi connectivity index (χ2n) is 4.56. The minimum Gasteiger partial charge on any atom is -0.493 e. The summed E-state index contributed by atoms with van der Waals surface area (Å²) >= 11 is 0. The number of para-hydroxylation sites is 2. The van der Waals surface area contributed by atoms with Crippen LogP contribution in [0.1, 0.15) is 13.8 Å². The molecule has 19 heavy (non-hydrogen) atoms. The van der Waals surface area contributed by atoms with Gasteiger partial charge in [-0.3, -0.25) is 0 Å². The van der Waals surface area contributed by atoms with Gasteiger partial charge >= 0.3 is 0 Å². The van der Waals surface area contributed by atoms with Gasteiger partial charge in [0.05, 0.1) is 7.11 Å². The van der Waals surface area contributed by atoms with E-state index in [0.717, 1.165) is 6.54 Å². The fourth-order valence-electron chi connectivity index (χ4n) is 1.51. The molecule has 0 bridgehead atoms. The molecule has 0 heterocycles. The summed E-state index contributed by atoms with van der Waals surface area (Å²) in [6.45, 7) is 5.58. The van der Waals surface area contributed by atoms with Gasteiger partial charge in [-0.15, -0.1) is 0 Å². The third-order valence-corrected chi connectivity index (χ3v) is 2.53. The molecule has 0 aliphatic heterocycles. The Morgan fingerprint density at radius 3 is 2.63 bits per heavy atom. The van der Waals surface area contributed by atoms with Gasteiger partial charge in [0.2, 0.25) is 0 Å². The molecule has 1 atom stereocenters. The molecule has 0 spiro atoms. The van der Waals surface area contributed by atoms with E-state index < -0.39 is 6.10 Å². The molecule has 0 aromatic heterocycles. The molecule has 4 heteroatoms. The van der Waals surface area contributed by atoms with Crippen LogP contribution < -0.4 is 14.8 Å². The second-order valence-corrected chi connectivity index (χ2v) is 4.56. The van der Waals surface area contributed by atoms with Crippen LogP contribution >= 0.6 is 0 Å². The number of nitrogens with one attached hydrogen (secondary N) is 1. The van der Waals surface area contributed by atoms with Crippen LogP contribution in [0.3, 0.4) is 0 Å². The summed E-state index contributed by atoms with van der Waals surface area (Å²) in [5, 5.41) is 12.9. The van der Waals surface area contributed by atoms with E-state index in [1.165, 1.54) is 5.57 Å². The van der Waals surface area contributed by atoms with Crippen molar-refractivity contribution in [1.82, 2.24) is 5.32 Å². The topological polar surface area (TPSA) is 50.7 Å². The smallest absolute Gasteiger partial charge is 0.161 e. The molecule has 0 radical (unpaired) electrons. The zero-order valence-corrected chi connectivity index (χ0v) is 11.8. The van der Waals surface area contributed by atoms with Crippen molar-refractivity contribution in [1.29, 1.82) is 0 Å². The third-order valence-electron chi connectivity index (χ3n) is 2.53.